The first kappa shape index (κ1) is 29.3. The number of amides is 1. The molecule has 4 N–H and O–H groups in total. The van der Waals surface area contributed by atoms with E-state index >= 15 is 0 Å². The fraction of sp³-hybridized carbons (Fsp3) is 0.308. The largest absolute Gasteiger partial charge is 0.477 e. The summed E-state index contributed by atoms with van der Waals surface area (Å²) in [7, 11) is 4.79. The number of rotatable bonds is 9. The molecule has 1 heterocycles. The van der Waals surface area contributed by atoms with Crippen LogP contribution in [0.2, 0.25) is 0 Å². The van der Waals surface area contributed by atoms with E-state index in [4.69, 9.17) is 0 Å². The summed E-state index contributed by atoms with van der Waals surface area (Å²) in [5, 5.41) is 32.8. The van der Waals surface area contributed by atoms with Gasteiger partial charge in [-0.05, 0) is 48.9 Å². The van der Waals surface area contributed by atoms with Gasteiger partial charge in [0.25, 0.3) is 11.7 Å². The molecular formula is C26H28F3N5O5. The lowest BCUT2D eigenvalue weighted by molar-refractivity contribution is -0.207. The Morgan fingerprint density at radius 1 is 0.923 bits per heavy atom. The maximum Gasteiger partial charge on any atom is 0.416 e. The van der Waals surface area contributed by atoms with Gasteiger partial charge in [-0.25, -0.2) is 14.8 Å². The molecule has 2 aromatic carbocycles. The summed E-state index contributed by atoms with van der Waals surface area (Å²) in [6, 6.07) is 10.5. The zero-order chi connectivity index (χ0) is 29.1. The van der Waals surface area contributed by atoms with Crippen LogP contribution in [-0.2, 0) is 23.2 Å². The van der Waals surface area contributed by atoms with Crippen LogP contribution in [0.5, 0.6) is 0 Å². The zero-order valence-corrected chi connectivity index (χ0v) is 21.6. The van der Waals surface area contributed by atoms with Crippen molar-refractivity contribution in [3.05, 3.63) is 76.6 Å². The number of carbonyl (C=O) groups is 2. The SMILES string of the molecule is CCN(C)c1nc(Cc2ccc(NC(=O)c3ccc(C(F)(F)F)cc3)cc2)nc(N(C)C)c1C(O)(O)C(=O)O. The first-order valence-electron chi connectivity index (χ1n) is 11.7. The second-order valence-corrected chi connectivity index (χ2v) is 8.95. The van der Waals surface area contributed by atoms with E-state index < -0.39 is 29.4 Å². The smallest absolute Gasteiger partial charge is 0.416 e. The van der Waals surface area contributed by atoms with Crippen LogP contribution < -0.4 is 15.1 Å². The van der Waals surface area contributed by atoms with Crippen LogP contribution in [0.15, 0.2) is 48.5 Å². The van der Waals surface area contributed by atoms with E-state index in [1.54, 1.807) is 57.2 Å². The fourth-order valence-electron chi connectivity index (χ4n) is 3.63. The lowest BCUT2D eigenvalue weighted by Crippen LogP contribution is -2.39. The zero-order valence-electron chi connectivity index (χ0n) is 21.6. The van der Waals surface area contributed by atoms with Crippen LogP contribution in [0.25, 0.3) is 0 Å². The minimum absolute atomic E-state index is 0.0168. The van der Waals surface area contributed by atoms with Gasteiger partial charge in [-0.3, -0.25) is 4.79 Å². The molecule has 1 amide bonds. The van der Waals surface area contributed by atoms with Crippen LogP contribution in [-0.4, -0.2) is 64.9 Å². The molecule has 208 valence electrons. The molecule has 0 fully saturated rings. The number of halogens is 3. The van der Waals surface area contributed by atoms with E-state index in [2.05, 4.69) is 15.3 Å². The molecular weight excluding hydrogens is 519 g/mol. The minimum Gasteiger partial charge on any atom is -0.477 e. The topological polar surface area (TPSA) is 139 Å². The molecule has 0 atom stereocenters. The van der Waals surface area contributed by atoms with E-state index in [-0.39, 0.29) is 35.0 Å². The second-order valence-electron chi connectivity index (χ2n) is 8.95. The van der Waals surface area contributed by atoms with Crippen molar-refractivity contribution in [2.75, 3.05) is 42.8 Å². The van der Waals surface area contributed by atoms with Crippen molar-refractivity contribution in [1.82, 2.24) is 9.97 Å². The number of aliphatic carboxylic acids is 1. The highest BCUT2D eigenvalue weighted by Crippen LogP contribution is 2.35. The first-order valence-corrected chi connectivity index (χ1v) is 11.7. The van der Waals surface area contributed by atoms with Crippen LogP contribution >= 0.6 is 0 Å². The molecule has 13 heteroatoms. The summed E-state index contributed by atoms with van der Waals surface area (Å²) in [4.78, 5) is 35.9. The molecule has 0 saturated carbocycles. The number of aliphatic hydroxyl groups is 2. The van der Waals surface area contributed by atoms with Crippen molar-refractivity contribution in [3.8, 4) is 0 Å². The molecule has 1 aromatic heterocycles. The van der Waals surface area contributed by atoms with Crippen LogP contribution in [0, 0.1) is 0 Å². The minimum atomic E-state index is -4.50. The van der Waals surface area contributed by atoms with Gasteiger partial charge in [0.15, 0.2) is 0 Å². The first-order chi connectivity index (χ1) is 18.1. The molecule has 0 bridgehead atoms. The van der Waals surface area contributed by atoms with Gasteiger partial charge in [-0.15, -0.1) is 0 Å². The number of anilines is 3. The summed E-state index contributed by atoms with van der Waals surface area (Å²) in [5.74, 6) is -5.35. The van der Waals surface area contributed by atoms with E-state index in [1.807, 2.05) is 0 Å². The van der Waals surface area contributed by atoms with Crippen molar-refractivity contribution in [2.24, 2.45) is 0 Å². The van der Waals surface area contributed by atoms with Crippen molar-refractivity contribution in [3.63, 3.8) is 0 Å². The molecule has 3 rings (SSSR count). The summed E-state index contributed by atoms with van der Waals surface area (Å²) in [5.41, 5.74) is -0.0188. The van der Waals surface area contributed by atoms with Gasteiger partial charge in [0.05, 0.1) is 5.56 Å². The quantitative estimate of drug-likeness (QED) is 0.298. The second kappa shape index (κ2) is 11.3. The number of hydrogen-bond donors (Lipinski definition) is 4. The summed E-state index contributed by atoms with van der Waals surface area (Å²) >= 11 is 0. The highest BCUT2D eigenvalue weighted by molar-refractivity contribution is 6.04. The predicted octanol–water partition coefficient (Wildman–Crippen LogP) is 3.08. The molecule has 0 aliphatic carbocycles. The summed E-state index contributed by atoms with van der Waals surface area (Å²) in [6.45, 7) is 2.18. The Morgan fingerprint density at radius 2 is 1.49 bits per heavy atom. The molecule has 39 heavy (non-hydrogen) atoms. The van der Waals surface area contributed by atoms with Crippen LogP contribution in [0.4, 0.5) is 30.5 Å². The van der Waals surface area contributed by atoms with E-state index in [9.17, 15) is 38.1 Å². The Kier molecular flexibility index (Phi) is 8.46. The lowest BCUT2D eigenvalue weighted by atomic mass is 10.1. The van der Waals surface area contributed by atoms with Crippen molar-refractivity contribution in [2.45, 2.75) is 25.3 Å². The molecule has 3 aromatic rings. The van der Waals surface area contributed by atoms with Crippen molar-refractivity contribution >= 4 is 29.2 Å². The van der Waals surface area contributed by atoms with Crippen LogP contribution in [0.3, 0.4) is 0 Å². The number of hydrogen-bond acceptors (Lipinski definition) is 8. The Morgan fingerprint density at radius 3 is 1.97 bits per heavy atom. The fourth-order valence-corrected chi connectivity index (χ4v) is 3.63. The normalized spacial score (nSPS) is 11.7. The Hall–Kier alpha value is -4.23. The van der Waals surface area contributed by atoms with Gasteiger partial charge >= 0.3 is 12.1 Å². The van der Waals surface area contributed by atoms with E-state index in [0.29, 0.717) is 12.2 Å². The lowest BCUT2D eigenvalue weighted by Gasteiger charge is -2.29. The molecule has 0 saturated heterocycles. The summed E-state index contributed by atoms with van der Waals surface area (Å²) in [6.07, 6.45) is -4.31. The molecule has 10 nitrogen and oxygen atoms in total. The Labute approximate surface area is 222 Å². The molecule has 0 aliphatic heterocycles. The molecule has 0 unspecified atom stereocenters. The molecule has 0 spiro atoms. The maximum atomic E-state index is 12.7. The van der Waals surface area contributed by atoms with Gasteiger partial charge < -0.3 is 30.4 Å². The number of carboxylic acids is 1. The van der Waals surface area contributed by atoms with Gasteiger partial charge in [0, 0.05) is 45.4 Å². The molecule has 0 radical (unpaired) electrons. The van der Waals surface area contributed by atoms with Gasteiger partial charge in [0.2, 0.25) is 0 Å². The summed E-state index contributed by atoms with van der Waals surface area (Å²) < 4.78 is 38.2. The monoisotopic (exact) mass is 547 g/mol. The average Bonchev–Trinajstić information content (AvgIpc) is 2.88. The number of nitrogens with zero attached hydrogens (tertiary/aromatic N) is 4. The third-order valence-corrected chi connectivity index (χ3v) is 5.87. The van der Waals surface area contributed by atoms with Crippen LogP contribution in [0.1, 0.15) is 39.8 Å². The number of nitrogens with one attached hydrogen (secondary N) is 1. The van der Waals surface area contributed by atoms with Crippen molar-refractivity contribution in [1.29, 1.82) is 0 Å². The van der Waals surface area contributed by atoms with E-state index in [0.717, 1.165) is 29.8 Å². The molecule has 0 aliphatic rings. The third kappa shape index (κ3) is 6.62. The number of carbonyl (C=O) groups excluding carboxylic acids is 1. The van der Waals surface area contributed by atoms with Gasteiger partial charge in [0.1, 0.15) is 23.0 Å². The Balaban J connectivity index is 1.85. The van der Waals surface area contributed by atoms with Crippen molar-refractivity contribution < 1.29 is 38.1 Å². The average molecular weight is 548 g/mol. The Bertz CT molecular complexity index is 1340. The number of benzene rings is 2. The van der Waals surface area contributed by atoms with Gasteiger partial charge in [-0.1, -0.05) is 12.1 Å². The van der Waals surface area contributed by atoms with E-state index in [1.165, 1.54) is 4.90 Å². The maximum absolute atomic E-state index is 12.7. The number of alkyl halides is 3. The highest BCUT2D eigenvalue weighted by Gasteiger charge is 2.43. The standard InChI is InChI=1S/C26H28F3N5O5/c1-5-34(4)22-20(25(38,39)24(36)37)21(33(2)3)31-19(32-22)14-15-6-12-18(13-7-15)30-23(35)16-8-10-17(11-9-16)26(27,28)29/h6-13,38-39H,5,14H2,1-4H3,(H,30,35)(H,36,37). The number of carboxylic acid groups (broad SMARTS) is 1. The highest BCUT2D eigenvalue weighted by atomic mass is 19.4. The third-order valence-electron chi connectivity index (χ3n) is 5.87. The predicted molar refractivity (Wildman–Crippen MR) is 138 cm³/mol. The number of aromatic nitrogens is 2. The van der Waals surface area contributed by atoms with Gasteiger partial charge in [-0.2, -0.15) is 13.2 Å².